The van der Waals surface area contributed by atoms with Gasteiger partial charge in [0.2, 0.25) is 20.0 Å². The zero-order valence-electron chi connectivity index (χ0n) is 15.4. The third kappa shape index (κ3) is 4.69. The Morgan fingerprint density at radius 1 is 1.11 bits per heavy atom. The Morgan fingerprint density at radius 2 is 1.75 bits per heavy atom. The van der Waals surface area contributed by atoms with E-state index in [0.29, 0.717) is 25.8 Å². The van der Waals surface area contributed by atoms with E-state index in [0.717, 1.165) is 35.8 Å². The SMILES string of the molecule is CS(=O)(=O)N(CCN1CCOCC1)C1CN(S(=O)(=O)c2ccc(F)c(F)c2)C1. The molecule has 0 unspecified atom stereocenters. The molecule has 3 rings (SSSR count). The Hall–Kier alpha value is -1.18. The average molecular weight is 440 g/mol. The largest absolute Gasteiger partial charge is 0.379 e. The predicted octanol–water partition coefficient (Wildman–Crippen LogP) is -0.0685. The van der Waals surface area contributed by atoms with Crippen LogP contribution in [0.2, 0.25) is 0 Å². The van der Waals surface area contributed by atoms with Gasteiger partial charge in [0.05, 0.1) is 30.4 Å². The Kier molecular flexibility index (Phi) is 6.37. The van der Waals surface area contributed by atoms with Gasteiger partial charge in [-0.3, -0.25) is 4.90 Å². The minimum atomic E-state index is -4.01. The van der Waals surface area contributed by atoms with Crippen molar-refractivity contribution in [2.75, 3.05) is 58.7 Å². The van der Waals surface area contributed by atoms with Gasteiger partial charge in [0.15, 0.2) is 11.6 Å². The van der Waals surface area contributed by atoms with Gasteiger partial charge in [-0.25, -0.2) is 25.6 Å². The topological polar surface area (TPSA) is 87.2 Å². The van der Waals surface area contributed by atoms with E-state index in [1.165, 1.54) is 4.31 Å². The van der Waals surface area contributed by atoms with Crippen LogP contribution in [0.3, 0.4) is 0 Å². The molecule has 0 radical (unpaired) electrons. The smallest absolute Gasteiger partial charge is 0.243 e. The first-order valence-corrected chi connectivity index (χ1v) is 12.1. The van der Waals surface area contributed by atoms with Crippen molar-refractivity contribution in [2.24, 2.45) is 0 Å². The first kappa shape index (κ1) is 21.5. The highest BCUT2D eigenvalue weighted by Crippen LogP contribution is 2.26. The zero-order valence-corrected chi connectivity index (χ0v) is 17.1. The van der Waals surface area contributed by atoms with E-state index in [9.17, 15) is 25.6 Å². The van der Waals surface area contributed by atoms with Crippen LogP contribution in [-0.2, 0) is 24.8 Å². The quantitative estimate of drug-likeness (QED) is 0.591. The third-order valence-corrected chi connectivity index (χ3v) is 8.09. The van der Waals surface area contributed by atoms with Crippen LogP contribution in [0.5, 0.6) is 0 Å². The minimum Gasteiger partial charge on any atom is -0.379 e. The van der Waals surface area contributed by atoms with Gasteiger partial charge in [-0.05, 0) is 18.2 Å². The molecule has 0 amide bonds. The lowest BCUT2D eigenvalue weighted by molar-refractivity contribution is 0.0330. The van der Waals surface area contributed by atoms with Crippen LogP contribution in [0.15, 0.2) is 23.1 Å². The molecular weight excluding hydrogens is 416 g/mol. The number of sulfonamides is 2. The third-order valence-electron chi connectivity index (χ3n) is 4.93. The lowest BCUT2D eigenvalue weighted by atomic mass is 10.2. The summed E-state index contributed by atoms with van der Waals surface area (Å²) in [5.74, 6) is -2.38. The fraction of sp³-hybridized carbons (Fsp3) is 0.625. The number of nitrogens with zero attached hydrogens (tertiary/aromatic N) is 3. The van der Waals surface area contributed by atoms with E-state index in [2.05, 4.69) is 4.90 Å². The molecule has 2 fully saturated rings. The fourth-order valence-electron chi connectivity index (χ4n) is 3.27. The van der Waals surface area contributed by atoms with Crippen molar-refractivity contribution in [3.63, 3.8) is 0 Å². The van der Waals surface area contributed by atoms with Gasteiger partial charge in [0.1, 0.15) is 0 Å². The second-order valence-corrected chi connectivity index (χ2v) is 10.8. The molecule has 2 aliphatic heterocycles. The molecule has 0 aromatic heterocycles. The van der Waals surface area contributed by atoms with Crippen LogP contribution in [0, 0.1) is 11.6 Å². The van der Waals surface area contributed by atoms with Crippen LogP contribution >= 0.6 is 0 Å². The maximum Gasteiger partial charge on any atom is 0.243 e. The number of morpholine rings is 1. The van der Waals surface area contributed by atoms with E-state index >= 15 is 0 Å². The predicted molar refractivity (Wildman–Crippen MR) is 97.7 cm³/mol. The molecule has 2 aliphatic rings. The number of rotatable bonds is 7. The highest BCUT2D eigenvalue weighted by molar-refractivity contribution is 7.89. The van der Waals surface area contributed by atoms with Gasteiger partial charge >= 0.3 is 0 Å². The molecule has 158 valence electrons. The van der Waals surface area contributed by atoms with Crippen molar-refractivity contribution in [3.05, 3.63) is 29.8 Å². The summed E-state index contributed by atoms with van der Waals surface area (Å²) in [4.78, 5) is 1.74. The summed E-state index contributed by atoms with van der Waals surface area (Å²) in [6, 6.07) is 1.89. The zero-order chi connectivity index (χ0) is 20.5. The van der Waals surface area contributed by atoms with Crippen LogP contribution in [0.25, 0.3) is 0 Å². The Labute approximate surface area is 163 Å². The van der Waals surface area contributed by atoms with Crippen molar-refractivity contribution >= 4 is 20.0 Å². The molecule has 28 heavy (non-hydrogen) atoms. The van der Waals surface area contributed by atoms with Gasteiger partial charge in [-0.2, -0.15) is 8.61 Å². The van der Waals surface area contributed by atoms with Crippen LogP contribution in [0.1, 0.15) is 0 Å². The molecule has 0 spiro atoms. The number of hydrogen-bond acceptors (Lipinski definition) is 6. The highest BCUT2D eigenvalue weighted by Gasteiger charge is 2.42. The van der Waals surface area contributed by atoms with Crippen molar-refractivity contribution in [1.29, 1.82) is 0 Å². The summed E-state index contributed by atoms with van der Waals surface area (Å²) in [5, 5.41) is 0. The van der Waals surface area contributed by atoms with Crippen molar-refractivity contribution in [3.8, 4) is 0 Å². The normalized spacial score (nSPS) is 20.4. The fourth-order valence-corrected chi connectivity index (χ4v) is 5.88. The van der Waals surface area contributed by atoms with Crippen LogP contribution in [0.4, 0.5) is 8.78 Å². The molecule has 12 heteroatoms. The molecule has 2 saturated heterocycles. The van der Waals surface area contributed by atoms with Crippen molar-refractivity contribution in [1.82, 2.24) is 13.5 Å². The lowest BCUT2D eigenvalue weighted by Gasteiger charge is -2.43. The molecule has 1 aromatic rings. The highest BCUT2D eigenvalue weighted by atomic mass is 32.2. The Balaban J connectivity index is 1.65. The van der Waals surface area contributed by atoms with Crippen molar-refractivity contribution < 1.29 is 30.4 Å². The van der Waals surface area contributed by atoms with Crippen molar-refractivity contribution in [2.45, 2.75) is 10.9 Å². The van der Waals surface area contributed by atoms with Crippen LogP contribution < -0.4 is 0 Å². The second kappa shape index (κ2) is 8.28. The minimum absolute atomic E-state index is 0.0302. The number of halogens is 2. The molecule has 1 aromatic carbocycles. The van der Waals surface area contributed by atoms with Gasteiger partial charge in [0.25, 0.3) is 0 Å². The Bertz CT molecular complexity index is 914. The average Bonchev–Trinajstić information content (AvgIpc) is 2.58. The number of hydrogen-bond donors (Lipinski definition) is 0. The summed E-state index contributed by atoms with van der Waals surface area (Å²) in [7, 11) is -7.54. The van der Waals surface area contributed by atoms with E-state index in [4.69, 9.17) is 4.74 Å². The summed E-state index contributed by atoms with van der Waals surface area (Å²) in [5.41, 5.74) is 0. The first-order chi connectivity index (χ1) is 13.1. The maximum absolute atomic E-state index is 13.4. The van der Waals surface area contributed by atoms with E-state index in [-0.39, 0.29) is 24.5 Å². The summed E-state index contributed by atoms with van der Waals surface area (Å²) >= 11 is 0. The molecule has 0 atom stereocenters. The van der Waals surface area contributed by atoms with Gasteiger partial charge in [0, 0.05) is 39.3 Å². The molecule has 0 bridgehead atoms. The molecule has 8 nitrogen and oxygen atoms in total. The maximum atomic E-state index is 13.4. The van der Waals surface area contributed by atoms with Gasteiger partial charge in [-0.1, -0.05) is 0 Å². The molecular formula is C16H23F2N3O5S2. The monoisotopic (exact) mass is 439 g/mol. The number of benzene rings is 1. The molecule has 0 saturated carbocycles. The summed E-state index contributed by atoms with van der Waals surface area (Å²) in [6.45, 7) is 3.36. The van der Waals surface area contributed by atoms with Crippen LogP contribution in [-0.4, -0.2) is 95.1 Å². The molecule has 2 heterocycles. The summed E-state index contributed by atoms with van der Waals surface area (Å²) < 4.78 is 83.5. The molecule has 0 N–H and O–H groups in total. The summed E-state index contributed by atoms with van der Waals surface area (Å²) in [6.07, 6.45) is 1.10. The van der Waals surface area contributed by atoms with Gasteiger partial charge < -0.3 is 4.74 Å². The van der Waals surface area contributed by atoms with Gasteiger partial charge in [-0.15, -0.1) is 0 Å². The van der Waals surface area contributed by atoms with E-state index < -0.39 is 37.7 Å². The number of ether oxygens (including phenoxy) is 1. The lowest BCUT2D eigenvalue weighted by Crippen LogP contribution is -2.62. The molecule has 0 aliphatic carbocycles. The Morgan fingerprint density at radius 3 is 2.32 bits per heavy atom. The second-order valence-electron chi connectivity index (χ2n) is 6.88. The van der Waals surface area contributed by atoms with E-state index in [1.807, 2.05) is 0 Å². The first-order valence-electron chi connectivity index (χ1n) is 8.81. The van der Waals surface area contributed by atoms with E-state index in [1.54, 1.807) is 0 Å². The standard InChI is InChI=1S/C16H23F2N3O5S2/c1-27(22,23)21(5-4-19-6-8-26-9-7-19)13-11-20(12-13)28(24,25)14-2-3-15(17)16(18)10-14/h2-3,10,13H,4-9,11-12H2,1H3.